The molecule has 0 rings (SSSR count). The van der Waals surface area contributed by atoms with E-state index in [4.69, 9.17) is 5.11 Å². The summed E-state index contributed by atoms with van der Waals surface area (Å²) in [5.74, 6) is -0.435. The van der Waals surface area contributed by atoms with Gasteiger partial charge in [0, 0.05) is 32.1 Å². The van der Waals surface area contributed by atoms with E-state index >= 15 is 0 Å². The molecule has 0 radical (unpaired) electrons. The zero-order chi connectivity index (χ0) is 15.7. The van der Waals surface area contributed by atoms with Crippen molar-refractivity contribution >= 4 is 12.0 Å². The maximum absolute atomic E-state index is 12.2. The van der Waals surface area contributed by atoms with Crippen molar-refractivity contribution in [1.82, 2.24) is 15.1 Å². The summed E-state index contributed by atoms with van der Waals surface area (Å²) in [5, 5.41) is 11.5. The molecule has 0 aromatic rings. The largest absolute Gasteiger partial charge is 0.481 e. The van der Waals surface area contributed by atoms with Crippen LogP contribution in [0.3, 0.4) is 0 Å². The van der Waals surface area contributed by atoms with Crippen molar-refractivity contribution in [3.63, 3.8) is 0 Å². The minimum absolute atomic E-state index is 0.0727. The molecule has 1 atom stereocenters. The van der Waals surface area contributed by atoms with Crippen molar-refractivity contribution in [1.29, 1.82) is 0 Å². The Morgan fingerprint density at radius 2 is 1.75 bits per heavy atom. The molecule has 0 saturated carbocycles. The number of carbonyl (C=O) groups is 2. The Labute approximate surface area is 122 Å². The maximum Gasteiger partial charge on any atom is 0.317 e. The summed E-state index contributed by atoms with van der Waals surface area (Å²) in [6, 6.07) is -0.244. The van der Waals surface area contributed by atoms with Crippen LogP contribution in [0.1, 0.15) is 33.6 Å². The summed E-state index contributed by atoms with van der Waals surface area (Å²) < 4.78 is 0. The first kappa shape index (κ1) is 18.7. The van der Waals surface area contributed by atoms with Gasteiger partial charge in [-0.15, -0.1) is 0 Å². The van der Waals surface area contributed by atoms with Gasteiger partial charge in [-0.2, -0.15) is 0 Å². The molecular weight excluding hydrogens is 258 g/mol. The second kappa shape index (κ2) is 9.58. The third-order valence-electron chi connectivity index (χ3n) is 2.85. The van der Waals surface area contributed by atoms with Crippen LogP contribution in [0.15, 0.2) is 0 Å². The smallest absolute Gasteiger partial charge is 0.317 e. The first-order chi connectivity index (χ1) is 9.22. The monoisotopic (exact) mass is 287 g/mol. The van der Waals surface area contributed by atoms with E-state index in [1.165, 1.54) is 0 Å². The highest BCUT2D eigenvalue weighted by atomic mass is 16.4. The fourth-order valence-electron chi connectivity index (χ4n) is 1.75. The van der Waals surface area contributed by atoms with E-state index in [2.05, 4.69) is 19.2 Å². The zero-order valence-electron chi connectivity index (χ0n) is 13.3. The van der Waals surface area contributed by atoms with Crippen LogP contribution in [0.4, 0.5) is 4.79 Å². The first-order valence-corrected chi connectivity index (χ1v) is 7.14. The molecule has 0 aliphatic rings. The number of nitrogens with one attached hydrogen (secondary N) is 1. The number of amides is 2. The third kappa shape index (κ3) is 9.61. The summed E-state index contributed by atoms with van der Waals surface area (Å²) in [4.78, 5) is 26.5. The average molecular weight is 287 g/mol. The molecule has 0 aliphatic heterocycles. The summed E-state index contributed by atoms with van der Waals surface area (Å²) in [6.07, 6.45) is 0.521. The minimum Gasteiger partial charge on any atom is -0.481 e. The van der Waals surface area contributed by atoms with Gasteiger partial charge in [-0.25, -0.2) is 4.79 Å². The van der Waals surface area contributed by atoms with Crippen LogP contribution in [0.2, 0.25) is 0 Å². The van der Waals surface area contributed by atoms with Gasteiger partial charge in [0.25, 0.3) is 0 Å². The molecule has 0 fully saturated rings. The van der Waals surface area contributed by atoms with E-state index in [0.29, 0.717) is 25.4 Å². The predicted molar refractivity (Wildman–Crippen MR) is 79.8 cm³/mol. The van der Waals surface area contributed by atoms with Gasteiger partial charge in [0.05, 0.1) is 0 Å². The lowest BCUT2D eigenvalue weighted by Gasteiger charge is -2.27. The van der Waals surface area contributed by atoms with Gasteiger partial charge in [0.15, 0.2) is 0 Å². The van der Waals surface area contributed by atoms with E-state index < -0.39 is 5.97 Å². The third-order valence-corrected chi connectivity index (χ3v) is 2.85. The van der Waals surface area contributed by atoms with Crippen LogP contribution in [0.5, 0.6) is 0 Å². The quantitative estimate of drug-likeness (QED) is 0.673. The second-order valence-electron chi connectivity index (χ2n) is 5.93. The van der Waals surface area contributed by atoms with Crippen LogP contribution in [0, 0.1) is 5.92 Å². The van der Waals surface area contributed by atoms with Crippen LogP contribution in [0.25, 0.3) is 0 Å². The lowest BCUT2D eigenvalue weighted by molar-refractivity contribution is -0.137. The van der Waals surface area contributed by atoms with Gasteiger partial charge in [-0.3, -0.25) is 4.79 Å². The van der Waals surface area contributed by atoms with E-state index in [-0.39, 0.29) is 18.5 Å². The zero-order valence-corrected chi connectivity index (χ0v) is 13.3. The molecule has 0 aliphatic carbocycles. The number of carboxylic acids is 1. The molecule has 0 saturated heterocycles. The summed E-state index contributed by atoms with van der Waals surface area (Å²) in [6.45, 7) is 8.16. The Hall–Kier alpha value is -1.30. The van der Waals surface area contributed by atoms with Crippen LogP contribution >= 0.6 is 0 Å². The van der Waals surface area contributed by atoms with Crippen LogP contribution < -0.4 is 5.32 Å². The normalized spacial score (nSPS) is 12.6. The number of carboxylic acid groups (broad SMARTS) is 1. The Morgan fingerprint density at radius 1 is 1.15 bits per heavy atom. The fourth-order valence-corrected chi connectivity index (χ4v) is 1.75. The molecule has 0 spiro atoms. The van der Waals surface area contributed by atoms with Crippen molar-refractivity contribution in [2.24, 2.45) is 5.92 Å². The number of likely N-dealkylation sites (N-methyl/N-ethyl adjacent to an activating group) is 1. The standard InChI is InChI=1S/C14H29N3O3/c1-11(2)10-17(9-8-16(4)5)14(20)15-12(3)6-7-13(18)19/h11-12H,6-10H2,1-5H3,(H,15,20)(H,18,19). The lowest BCUT2D eigenvalue weighted by Crippen LogP contribution is -2.47. The van der Waals surface area contributed by atoms with Gasteiger partial charge in [-0.05, 0) is 33.4 Å². The number of aliphatic carboxylic acids is 1. The topological polar surface area (TPSA) is 72.9 Å². The van der Waals surface area contributed by atoms with Crippen molar-refractivity contribution in [3.8, 4) is 0 Å². The van der Waals surface area contributed by atoms with E-state index in [0.717, 1.165) is 6.54 Å². The highest BCUT2D eigenvalue weighted by molar-refractivity contribution is 5.74. The van der Waals surface area contributed by atoms with E-state index in [1.54, 1.807) is 4.90 Å². The van der Waals surface area contributed by atoms with E-state index in [1.807, 2.05) is 25.9 Å². The molecule has 20 heavy (non-hydrogen) atoms. The number of nitrogens with zero attached hydrogens (tertiary/aromatic N) is 2. The molecule has 0 aromatic carbocycles. The van der Waals surface area contributed by atoms with Gasteiger partial charge >= 0.3 is 12.0 Å². The Kier molecular flexibility index (Phi) is 8.96. The molecule has 118 valence electrons. The highest BCUT2D eigenvalue weighted by Crippen LogP contribution is 2.02. The SMILES string of the molecule is CC(C)CN(CCN(C)C)C(=O)NC(C)CCC(=O)O. The molecule has 0 heterocycles. The van der Waals surface area contributed by atoms with Crippen molar-refractivity contribution < 1.29 is 14.7 Å². The molecule has 2 N–H and O–H groups in total. The molecular formula is C14H29N3O3. The van der Waals surface area contributed by atoms with Crippen molar-refractivity contribution in [2.45, 2.75) is 39.7 Å². The lowest BCUT2D eigenvalue weighted by atomic mass is 10.2. The number of hydrogen-bond donors (Lipinski definition) is 2. The summed E-state index contributed by atoms with van der Waals surface area (Å²) in [7, 11) is 3.95. The second-order valence-corrected chi connectivity index (χ2v) is 5.93. The van der Waals surface area contributed by atoms with Gasteiger partial charge < -0.3 is 20.2 Å². The van der Waals surface area contributed by atoms with Crippen LogP contribution in [-0.4, -0.2) is 66.7 Å². The van der Waals surface area contributed by atoms with Crippen molar-refractivity contribution in [2.75, 3.05) is 33.7 Å². The summed E-state index contributed by atoms with van der Waals surface area (Å²) >= 11 is 0. The number of rotatable bonds is 9. The summed E-state index contributed by atoms with van der Waals surface area (Å²) in [5.41, 5.74) is 0. The van der Waals surface area contributed by atoms with Crippen molar-refractivity contribution in [3.05, 3.63) is 0 Å². The number of hydrogen-bond acceptors (Lipinski definition) is 3. The minimum atomic E-state index is -0.835. The first-order valence-electron chi connectivity index (χ1n) is 7.14. The molecule has 0 bridgehead atoms. The van der Waals surface area contributed by atoms with Crippen LogP contribution in [-0.2, 0) is 4.79 Å². The van der Waals surface area contributed by atoms with Gasteiger partial charge in [0.1, 0.15) is 0 Å². The molecule has 6 heteroatoms. The highest BCUT2D eigenvalue weighted by Gasteiger charge is 2.17. The number of urea groups is 1. The molecule has 2 amide bonds. The predicted octanol–water partition coefficient (Wildman–Crippen LogP) is 1.47. The number of carbonyl (C=O) groups excluding carboxylic acids is 1. The molecule has 0 aromatic heterocycles. The maximum atomic E-state index is 12.2. The Bertz CT molecular complexity index is 306. The Morgan fingerprint density at radius 3 is 2.20 bits per heavy atom. The molecule has 1 unspecified atom stereocenters. The fraction of sp³-hybridized carbons (Fsp3) is 0.857. The van der Waals surface area contributed by atoms with E-state index in [9.17, 15) is 9.59 Å². The van der Waals surface area contributed by atoms with Gasteiger partial charge in [0.2, 0.25) is 0 Å². The molecule has 6 nitrogen and oxygen atoms in total. The Balaban J connectivity index is 4.33. The van der Waals surface area contributed by atoms with Gasteiger partial charge in [-0.1, -0.05) is 13.8 Å². The average Bonchev–Trinajstić information content (AvgIpc) is 2.31.